The number of carbonyl (C=O) groups excluding carboxylic acids is 1. The van der Waals surface area contributed by atoms with Gasteiger partial charge in [-0.25, -0.2) is 4.39 Å². The summed E-state index contributed by atoms with van der Waals surface area (Å²) in [5, 5.41) is 15.5. The fourth-order valence-corrected chi connectivity index (χ4v) is 4.48. The number of halogens is 1. The van der Waals surface area contributed by atoms with Crippen LogP contribution < -0.4 is 15.5 Å². The average molecular weight is 372 g/mol. The zero-order valence-corrected chi connectivity index (χ0v) is 15.3. The summed E-state index contributed by atoms with van der Waals surface area (Å²) in [5.74, 6) is -0.121. The predicted molar refractivity (Wildman–Crippen MR) is 98.7 cm³/mol. The molecule has 144 valence electrons. The maximum absolute atomic E-state index is 14.6. The maximum atomic E-state index is 14.6. The van der Waals surface area contributed by atoms with Gasteiger partial charge in [0, 0.05) is 31.2 Å². The molecule has 2 aliphatic heterocycles. The molecule has 4 unspecified atom stereocenters. The number of carbonyl (C=O) groups is 1. The summed E-state index contributed by atoms with van der Waals surface area (Å²) < 4.78 is 19.9. The third kappa shape index (κ3) is 3.92. The molecule has 4 rings (SSSR count). The molecule has 1 aromatic rings. The summed E-state index contributed by atoms with van der Waals surface area (Å²) in [6, 6.07) is 6.67. The number of anilines is 1. The Hall–Kier alpha value is -2.17. The summed E-state index contributed by atoms with van der Waals surface area (Å²) in [6.45, 7) is 2.77. The van der Waals surface area contributed by atoms with Gasteiger partial charge in [-0.2, -0.15) is 5.26 Å². The highest BCUT2D eigenvalue weighted by Gasteiger charge is 2.43. The highest BCUT2D eigenvalue weighted by molar-refractivity contribution is 5.83. The minimum atomic E-state index is -0.734. The minimum Gasteiger partial charge on any atom is -0.378 e. The molecule has 4 atom stereocenters. The van der Waals surface area contributed by atoms with Crippen LogP contribution >= 0.6 is 0 Å². The Balaban J connectivity index is 1.38. The van der Waals surface area contributed by atoms with Crippen LogP contribution in [0.15, 0.2) is 18.2 Å². The van der Waals surface area contributed by atoms with Crippen molar-refractivity contribution >= 4 is 11.6 Å². The van der Waals surface area contributed by atoms with Gasteiger partial charge in [0.25, 0.3) is 0 Å². The van der Waals surface area contributed by atoms with Gasteiger partial charge < -0.3 is 20.3 Å². The number of nitriles is 1. The molecule has 1 aliphatic carbocycles. The van der Waals surface area contributed by atoms with Crippen molar-refractivity contribution in [3.63, 3.8) is 0 Å². The van der Waals surface area contributed by atoms with Crippen LogP contribution in [0.25, 0.3) is 0 Å². The van der Waals surface area contributed by atoms with Crippen LogP contribution in [-0.2, 0) is 16.0 Å². The van der Waals surface area contributed by atoms with E-state index in [1.807, 2.05) is 6.07 Å². The average Bonchev–Trinajstić information content (AvgIpc) is 3.33. The fourth-order valence-electron chi connectivity index (χ4n) is 4.48. The summed E-state index contributed by atoms with van der Waals surface area (Å²) in [4.78, 5) is 14.6. The van der Waals surface area contributed by atoms with Crippen LogP contribution in [0.3, 0.4) is 0 Å². The van der Waals surface area contributed by atoms with Crippen molar-refractivity contribution < 1.29 is 13.9 Å². The Kier molecular flexibility index (Phi) is 5.28. The zero-order valence-electron chi connectivity index (χ0n) is 15.3. The Morgan fingerprint density at radius 3 is 2.85 bits per heavy atom. The molecule has 7 heteroatoms. The van der Waals surface area contributed by atoms with Crippen molar-refractivity contribution in [3.8, 4) is 6.07 Å². The second-order valence-electron chi connectivity index (χ2n) is 7.68. The van der Waals surface area contributed by atoms with Crippen molar-refractivity contribution in [2.45, 2.75) is 43.8 Å². The third-order valence-electron chi connectivity index (χ3n) is 5.95. The molecule has 3 fully saturated rings. The molecular formula is C20H25FN4O2. The molecule has 1 saturated carbocycles. The van der Waals surface area contributed by atoms with Gasteiger partial charge in [0.15, 0.2) is 0 Å². The number of nitrogens with zero attached hydrogens (tertiary/aromatic N) is 2. The number of nitrogens with one attached hydrogen (secondary N) is 2. The fraction of sp³-hybridized carbons (Fsp3) is 0.600. The van der Waals surface area contributed by atoms with Crippen molar-refractivity contribution in [2.75, 3.05) is 31.2 Å². The van der Waals surface area contributed by atoms with E-state index < -0.39 is 6.04 Å². The molecule has 1 aromatic carbocycles. The van der Waals surface area contributed by atoms with E-state index in [9.17, 15) is 14.4 Å². The molecular weight excluding hydrogens is 347 g/mol. The van der Waals surface area contributed by atoms with Crippen molar-refractivity contribution in [3.05, 3.63) is 29.6 Å². The first-order valence-electron chi connectivity index (χ1n) is 9.71. The second kappa shape index (κ2) is 7.83. The van der Waals surface area contributed by atoms with Crippen LogP contribution in [0.2, 0.25) is 0 Å². The van der Waals surface area contributed by atoms with E-state index in [0.717, 1.165) is 38.0 Å². The molecule has 1 amide bonds. The molecule has 2 N–H and O–H groups in total. The van der Waals surface area contributed by atoms with E-state index >= 15 is 0 Å². The van der Waals surface area contributed by atoms with Crippen molar-refractivity contribution in [2.24, 2.45) is 5.92 Å². The standard InChI is InChI=1S/C20H25FN4O2/c21-18-11-17(25-5-7-27-8-6-25)4-2-13(18)9-16(12-22)24-20(26)19-14-1-3-15(10-14)23-19/h2,4,11,14-16,19,23H,1,3,5-10H2,(H,24,26). The number of benzene rings is 1. The van der Waals surface area contributed by atoms with Crippen LogP contribution in [0.1, 0.15) is 24.8 Å². The molecule has 2 saturated heterocycles. The molecule has 0 radical (unpaired) electrons. The molecule has 2 heterocycles. The number of morpholine rings is 1. The van der Waals surface area contributed by atoms with Crippen LogP contribution in [0.5, 0.6) is 0 Å². The lowest BCUT2D eigenvalue weighted by molar-refractivity contribution is -0.124. The van der Waals surface area contributed by atoms with Gasteiger partial charge in [0.1, 0.15) is 11.9 Å². The van der Waals surface area contributed by atoms with Gasteiger partial charge in [0.2, 0.25) is 5.91 Å². The molecule has 2 bridgehead atoms. The number of rotatable bonds is 5. The smallest absolute Gasteiger partial charge is 0.238 e. The highest BCUT2D eigenvalue weighted by Crippen LogP contribution is 2.35. The molecule has 27 heavy (non-hydrogen) atoms. The zero-order chi connectivity index (χ0) is 18.8. The van der Waals surface area contributed by atoms with Gasteiger partial charge in [-0.15, -0.1) is 0 Å². The summed E-state index contributed by atoms with van der Waals surface area (Å²) in [5.41, 5.74) is 1.27. The van der Waals surface area contributed by atoms with Crippen LogP contribution in [0, 0.1) is 23.1 Å². The molecule has 0 aromatic heterocycles. The summed E-state index contributed by atoms with van der Waals surface area (Å²) in [6.07, 6.45) is 3.38. The normalized spacial score (nSPS) is 28.0. The largest absolute Gasteiger partial charge is 0.378 e. The van der Waals surface area contributed by atoms with E-state index in [4.69, 9.17) is 4.74 Å². The Labute approximate surface area is 158 Å². The third-order valence-corrected chi connectivity index (χ3v) is 5.95. The van der Waals surface area contributed by atoms with E-state index in [2.05, 4.69) is 21.6 Å². The van der Waals surface area contributed by atoms with E-state index in [0.29, 0.717) is 30.7 Å². The monoisotopic (exact) mass is 372 g/mol. The van der Waals surface area contributed by atoms with Gasteiger partial charge in [-0.1, -0.05) is 6.07 Å². The number of piperidine rings is 1. The van der Waals surface area contributed by atoms with Crippen LogP contribution in [-0.4, -0.2) is 50.3 Å². The number of hydrogen-bond donors (Lipinski definition) is 2. The molecule has 6 nitrogen and oxygen atoms in total. The van der Waals surface area contributed by atoms with E-state index in [-0.39, 0.29) is 24.2 Å². The number of hydrogen-bond acceptors (Lipinski definition) is 5. The van der Waals surface area contributed by atoms with E-state index in [1.54, 1.807) is 6.07 Å². The van der Waals surface area contributed by atoms with Crippen LogP contribution in [0.4, 0.5) is 10.1 Å². The highest BCUT2D eigenvalue weighted by atomic mass is 19.1. The SMILES string of the molecule is N#CC(Cc1ccc(N2CCOCC2)cc1F)NC(=O)C1NC2CCC1C2. The number of ether oxygens (including phenoxy) is 1. The van der Waals surface area contributed by atoms with Crippen molar-refractivity contribution in [1.82, 2.24) is 10.6 Å². The Bertz CT molecular complexity index is 744. The lowest BCUT2D eigenvalue weighted by atomic mass is 9.98. The first-order valence-corrected chi connectivity index (χ1v) is 9.71. The quantitative estimate of drug-likeness (QED) is 0.816. The first-order chi connectivity index (χ1) is 13.1. The van der Waals surface area contributed by atoms with Gasteiger partial charge >= 0.3 is 0 Å². The van der Waals surface area contributed by atoms with Crippen molar-refractivity contribution in [1.29, 1.82) is 5.26 Å². The number of fused-ring (bicyclic) bond motifs is 2. The topological polar surface area (TPSA) is 77.4 Å². The predicted octanol–water partition coefficient (Wildman–Crippen LogP) is 1.35. The maximum Gasteiger partial charge on any atom is 0.238 e. The minimum absolute atomic E-state index is 0.140. The molecule has 3 aliphatic rings. The Morgan fingerprint density at radius 1 is 1.41 bits per heavy atom. The first kappa shape index (κ1) is 18.2. The van der Waals surface area contributed by atoms with Gasteiger partial charge in [-0.3, -0.25) is 4.79 Å². The Morgan fingerprint density at radius 2 is 2.22 bits per heavy atom. The number of amides is 1. The van der Waals surface area contributed by atoms with Gasteiger partial charge in [-0.05, 0) is 42.9 Å². The summed E-state index contributed by atoms with van der Waals surface area (Å²) in [7, 11) is 0. The lowest BCUT2D eigenvalue weighted by Gasteiger charge is -2.29. The van der Waals surface area contributed by atoms with Gasteiger partial charge in [0.05, 0.1) is 25.3 Å². The lowest BCUT2D eigenvalue weighted by Crippen LogP contribution is -2.50. The summed E-state index contributed by atoms with van der Waals surface area (Å²) >= 11 is 0. The second-order valence-corrected chi connectivity index (χ2v) is 7.68. The van der Waals surface area contributed by atoms with E-state index in [1.165, 1.54) is 6.07 Å². The molecule has 0 spiro atoms.